The summed E-state index contributed by atoms with van der Waals surface area (Å²) in [7, 11) is 0. The van der Waals surface area contributed by atoms with Gasteiger partial charge in [-0.2, -0.15) is 0 Å². The van der Waals surface area contributed by atoms with Gasteiger partial charge in [0.1, 0.15) is 5.69 Å². The van der Waals surface area contributed by atoms with Gasteiger partial charge in [0.2, 0.25) is 5.82 Å². The lowest BCUT2D eigenvalue weighted by Crippen LogP contribution is -2.16. The molecule has 0 unspecified atom stereocenters. The summed E-state index contributed by atoms with van der Waals surface area (Å²) < 4.78 is 64.1. The Balaban J connectivity index is 3.18. The molecule has 2 amide bonds. The summed E-state index contributed by atoms with van der Waals surface area (Å²) in [4.78, 5) is 21.2. The highest BCUT2D eigenvalue weighted by Gasteiger charge is 2.27. The maximum atomic E-state index is 13.0. The molecule has 1 rings (SSSR count). The third-order valence-corrected chi connectivity index (χ3v) is 2.12. The predicted octanol–water partition coefficient (Wildman–Crippen LogP) is 2.73. The molecule has 0 saturated carbocycles. The number of rotatable bonds is 1. The quantitative estimate of drug-likeness (QED) is 0.473. The van der Waals surface area contributed by atoms with Gasteiger partial charge in [0.05, 0.1) is 0 Å². The number of nitrogens with one attached hydrogen (secondary N) is 1. The van der Waals surface area contributed by atoms with Gasteiger partial charge in [-0.15, -0.1) is 0 Å². The largest absolute Gasteiger partial charge is 0.360 e. The van der Waals surface area contributed by atoms with E-state index < -0.39 is 45.3 Å². The van der Waals surface area contributed by atoms with E-state index in [4.69, 9.17) is 0 Å². The van der Waals surface area contributed by atoms with Crippen LogP contribution in [0.25, 0.3) is 0 Å². The summed E-state index contributed by atoms with van der Waals surface area (Å²) in [6.45, 7) is 0. The summed E-state index contributed by atoms with van der Waals surface area (Å²) in [6.07, 6.45) is 0. The number of carbonyl (C=O) groups excluding carboxylic acids is 2. The molecule has 0 spiro atoms. The number of halogens is 5. The number of thioether (sulfide) groups is 1. The summed E-state index contributed by atoms with van der Waals surface area (Å²) in [5.74, 6) is -11.2. The Labute approximate surface area is 100 Å². The first-order valence-corrected chi connectivity index (χ1v) is 4.87. The Morgan fingerprint density at radius 3 is 1.67 bits per heavy atom. The second kappa shape index (κ2) is 5.21. The van der Waals surface area contributed by atoms with Gasteiger partial charge in [-0.3, -0.25) is 9.59 Å². The number of hydrogen-bond donors (Lipinski definition) is 2. The van der Waals surface area contributed by atoms with Crippen LogP contribution in [0.2, 0.25) is 0 Å². The van der Waals surface area contributed by atoms with E-state index in [2.05, 4.69) is 5.73 Å². The minimum atomic E-state index is -2.36. The van der Waals surface area contributed by atoms with Crippen molar-refractivity contribution in [2.45, 2.75) is 0 Å². The zero-order chi connectivity index (χ0) is 14.0. The standard InChI is InChI=1S/C8H3F5N2O2S/c9-1-2(10)4(12)6(5(13)3(1)11)15-8(17)18-7(14)16/h(H2,14,16)(H,15,17). The summed E-state index contributed by atoms with van der Waals surface area (Å²) in [6, 6.07) is 0. The molecular formula is C8H3F5N2O2S. The molecule has 0 aliphatic rings. The number of hydrogen-bond acceptors (Lipinski definition) is 3. The molecule has 18 heavy (non-hydrogen) atoms. The van der Waals surface area contributed by atoms with E-state index in [1.54, 1.807) is 0 Å². The fourth-order valence-corrected chi connectivity index (χ4v) is 1.27. The molecule has 4 nitrogen and oxygen atoms in total. The lowest BCUT2D eigenvalue weighted by Gasteiger charge is -2.08. The molecule has 0 aromatic heterocycles. The summed E-state index contributed by atoms with van der Waals surface area (Å²) in [5.41, 5.74) is 3.02. The lowest BCUT2D eigenvalue weighted by atomic mass is 10.2. The topological polar surface area (TPSA) is 72.2 Å². The van der Waals surface area contributed by atoms with Crippen molar-refractivity contribution in [2.75, 3.05) is 5.32 Å². The van der Waals surface area contributed by atoms with Crippen LogP contribution in [0.1, 0.15) is 0 Å². The van der Waals surface area contributed by atoms with Gasteiger partial charge in [0.15, 0.2) is 23.3 Å². The monoisotopic (exact) mass is 286 g/mol. The average Bonchev–Trinajstić information content (AvgIpc) is 2.29. The predicted molar refractivity (Wildman–Crippen MR) is 52.4 cm³/mol. The van der Waals surface area contributed by atoms with E-state index in [1.807, 2.05) is 0 Å². The molecule has 0 aliphatic heterocycles. The third kappa shape index (κ3) is 2.70. The summed E-state index contributed by atoms with van der Waals surface area (Å²) >= 11 is -0.201. The van der Waals surface area contributed by atoms with Crippen molar-refractivity contribution in [3.63, 3.8) is 0 Å². The van der Waals surface area contributed by atoms with Crippen LogP contribution in [0.5, 0.6) is 0 Å². The van der Waals surface area contributed by atoms with Crippen molar-refractivity contribution in [1.82, 2.24) is 0 Å². The van der Waals surface area contributed by atoms with Crippen LogP contribution >= 0.6 is 11.8 Å². The van der Waals surface area contributed by atoms with E-state index in [1.165, 1.54) is 5.32 Å². The second-order valence-electron chi connectivity index (χ2n) is 2.78. The Kier molecular flexibility index (Phi) is 4.11. The Morgan fingerprint density at radius 2 is 1.28 bits per heavy atom. The van der Waals surface area contributed by atoms with Crippen LogP contribution in [-0.2, 0) is 0 Å². The van der Waals surface area contributed by atoms with E-state index >= 15 is 0 Å². The van der Waals surface area contributed by atoms with Gasteiger partial charge >= 0.3 is 0 Å². The van der Waals surface area contributed by atoms with Crippen molar-refractivity contribution in [3.8, 4) is 0 Å². The highest BCUT2D eigenvalue weighted by molar-refractivity contribution is 8.26. The number of amides is 2. The Bertz CT molecular complexity index is 508. The molecule has 0 radical (unpaired) electrons. The first-order valence-electron chi connectivity index (χ1n) is 4.05. The molecule has 1 aromatic carbocycles. The van der Waals surface area contributed by atoms with Crippen molar-refractivity contribution < 1.29 is 31.5 Å². The van der Waals surface area contributed by atoms with Crippen LogP contribution in [0.4, 0.5) is 37.2 Å². The van der Waals surface area contributed by atoms with Crippen LogP contribution < -0.4 is 11.1 Å². The molecular weight excluding hydrogens is 283 g/mol. The fourth-order valence-electron chi connectivity index (χ4n) is 0.934. The van der Waals surface area contributed by atoms with Gasteiger partial charge in [-0.05, 0) is 0 Å². The van der Waals surface area contributed by atoms with Gasteiger partial charge in [-0.1, -0.05) is 0 Å². The highest BCUT2D eigenvalue weighted by atomic mass is 32.2. The van der Waals surface area contributed by atoms with Crippen molar-refractivity contribution in [1.29, 1.82) is 0 Å². The molecule has 3 N–H and O–H groups in total. The highest BCUT2D eigenvalue weighted by Crippen LogP contribution is 2.27. The lowest BCUT2D eigenvalue weighted by molar-refractivity contribution is 0.265. The number of benzene rings is 1. The number of nitrogens with two attached hydrogens (primary N) is 1. The molecule has 1 aromatic rings. The molecule has 0 fully saturated rings. The van der Waals surface area contributed by atoms with Crippen LogP contribution in [-0.4, -0.2) is 10.5 Å². The third-order valence-electron chi connectivity index (χ3n) is 1.63. The van der Waals surface area contributed by atoms with E-state index in [0.717, 1.165) is 0 Å². The normalized spacial score (nSPS) is 10.3. The molecule has 0 bridgehead atoms. The molecule has 98 valence electrons. The average molecular weight is 286 g/mol. The van der Waals surface area contributed by atoms with E-state index in [0.29, 0.717) is 0 Å². The number of primary amides is 1. The molecule has 10 heteroatoms. The fraction of sp³-hybridized carbons (Fsp3) is 0. The number of anilines is 1. The maximum absolute atomic E-state index is 13.0. The van der Waals surface area contributed by atoms with Gasteiger partial charge < -0.3 is 11.1 Å². The van der Waals surface area contributed by atoms with E-state index in [9.17, 15) is 31.5 Å². The zero-order valence-electron chi connectivity index (χ0n) is 8.19. The Hall–Kier alpha value is -1.84. The molecule has 0 heterocycles. The SMILES string of the molecule is NC(=O)SC(=O)Nc1c(F)c(F)c(F)c(F)c1F. The minimum absolute atomic E-state index is 0.201. The number of carbonyl (C=O) groups is 2. The van der Waals surface area contributed by atoms with Crippen molar-refractivity contribution >= 4 is 27.9 Å². The minimum Gasteiger partial charge on any atom is -0.360 e. The van der Waals surface area contributed by atoms with Gasteiger partial charge in [0, 0.05) is 11.8 Å². The maximum Gasteiger partial charge on any atom is 0.293 e. The molecule has 0 saturated heterocycles. The second-order valence-corrected chi connectivity index (χ2v) is 3.76. The van der Waals surface area contributed by atoms with Gasteiger partial charge in [0.25, 0.3) is 10.5 Å². The van der Waals surface area contributed by atoms with Crippen LogP contribution in [0, 0.1) is 29.1 Å². The van der Waals surface area contributed by atoms with E-state index in [-0.39, 0.29) is 11.8 Å². The molecule has 0 aliphatic carbocycles. The first kappa shape index (κ1) is 14.2. The van der Waals surface area contributed by atoms with Crippen molar-refractivity contribution in [3.05, 3.63) is 29.1 Å². The van der Waals surface area contributed by atoms with Crippen LogP contribution in [0.15, 0.2) is 0 Å². The zero-order valence-corrected chi connectivity index (χ0v) is 9.01. The first-order chi connectivity index (χ1) is 8.25. The molecule has 0 atom stereocenters. The Morgan fingerprint density at radius 1 is 0.889 bits per heavy atom. The van der Waals surface area contributed by atoms with Gasteiger partial charge in [-0.25, -0.2) is 22.0 Å². The van der Waals surface area contributed by atoms with Crippen LogP contribution in [0.3, 0.4) is 0 Å². The smallest absolute Gasteiger partial charge is 0.293 e. The summed E-state index contributed by atoms with van der Waals surface area (Å²) in [5, 5.41) is -1.25. The van der Waals surface area contributed by atoms with Crippen molar-refractivity contribution in [2.24, 2.45) is 5.73 Å².